The maximum absolute atomic E-state index is 6.12. The molecule has 1 heterocycles. The minimum atomic E-state index is -0.253. The Hall–Kier alpha value is -1.75. The number of aryl methyl sites for hydroxylation is 1. The van der Waals surface area contributed by atoms with Crippen molar-refractivity contribution in [2.45, 2.75) is 19.4 Å². The van der Waals surface area contributed by atoms with Gasteiger partial charge in [0.25, 0.3) is 0 Å². The number of likely N-dealkylation sites (N-methyl/N-ethyl adjacent to an activating group) is 1. The van der Waals surface area contributed by atoms with Gasteiger partial charge in [0.2, 0.25) is 0 Å². The van der Waals surface area contributed by atoms with Crippen LogP contribution >= 0.6 is 0 Å². The fourth-order valence-corrected chi connectivity index (χ4v) is 2.79. The van der Waals surface area contributed by atoms with Gasteiger partial charge in [-0.2, -0.15) is 0 Å². The van der Waals surface area contributed by atoms with Crippen LogP contribution in [0.3, 0.4) is 0 Å². The maximum Gasteiger partial charge on any atom is 0.192 e. The standard InChI is InChI=1S/C16H26N4O/c1-12-6-7-14(21-5)13(10-12)16(2)11-18-15(17)20(16)9-8-19(3)4/h6-7,10H,8-9,11H2,1-5H3,(H2,17,18). The molecule has 5 heteroatoms. The summed E-state index contributed by atoms with van der Waals surface area (Å²) in [5, 5.41) is 0. The quantitative estimate of drug-likeness (QED) is 0.891. The average Bonchev–Trinajstić information content (AvgIpc) is 2.73. The summed E-state index contributed by atoms with van der Waals surface area (Å²) in [6.07, 6.45) is 0. The summed E-state index contributed by atoms with van der Waals surface area (Å²) >= 11 is 0. The number of hydrogen-bond donors (Lipinski definition) is 1. The lowest BCUT2D eigenvalue weighted by atomic mass is 9.89. The molecule has 2 N–H and O–H groups in total. The lowest BCUT2D eigenvalue weighted by Gasteiger charge is -2.38. The van der Waals surface area contributed by atoms with E-state index < -0.39 is 0 Å². The number of methoxy groups -OCH3 is 1. The first-order chi connectivity index (χ1) is 9.88. The van der Waals surface area contributed by atoms with Crippen LogP contribution in [-0.2, 0) is 5.54 Å². The Kier molecular flexibility index (Phi) is 4.42. The van der Waals surface area contributed by atoms with E-state index in [0.29, 0.717) is 12.5 Å². The molecule has 0 spiro atoms. The zero-order chi connectivity index (χ0) is 15.6. The van der Waals surface area contributed by atoms with Crippen LogP contribution in [0.15, 0.2) is 23.2 Å². The first-order valence-electron chi connectivity index (χ1n) is 7.26. The van der Waals surface area contributed by atoms with E-state index in [0.717, 1.165) is 24.4 Å². The minimum Gasteiger partial charge on any atom is -0.496 e. The van der Waals surface area contributed by atoms with Crippen LogP contribution < -0.4 is 10.5 Å². The third-order valence-electron chi connectivity index (χ3n) is 4.13. The summed E-state index contributed by atoms with van der Waals surface area (Å²) in [6.45, 7) is 6.71. The predicted molar refractivity (Wildman–Crippen MR) is 86.8 cm³/mol. The van der Waals surface area contributed by atoms with E-state index in [2.05, 4.69) is 54.9 Å². The molecule has 21 heavy (non-hydrogen) atoms. The molecule has 2 rings (SSSR count). The van der Waals surface area contributed by atoms with Gasteiger partial charge in [-0.3, -0.25) is 4.99 Å². The van der Waals surface area contributed by atoms with E-state index in [-0.39, 0.29) is 5.54 Å². The van der Waals surface area contributed by atoms with Crippen LogP contribution in [-0.4, -0.2) is 56.6 Å². The highest BCUT2D eigenvalue weighted by molar-refractivity contribution is 5.81. The van der Waals surface area contributed by atoms with E-state index in [1.54, 1.807) is 7.11 Å². The highest BCUT2D eigenvalue weighted by Gasteiger charge is 2.41. The van der Waals surface area contributed by atoms with Gasteiger partial charge in [0, 0.05) is 18.7 Å². The average molecular weight is 290 g/mol. The zero-order valence-electron chi connectivity index (χ0n) is 13.7. The first kappa shape index (κ1) is 15.6. The summed E-state index contributed by atoms with van der Waals surface area (Å²) in [7, 11) is 5.84. The summed E-state index contributed by atoms with van der Waals surface area (Å²) < 4.78 is 5.56. The van der Waals surface area contributed by atoms with Crippen molar-refractivity contribution in [2.75, 3.05) is 40.8 Å². The number of nitrogens with two attached hydrogens (primary N) is 1. The van der Waals surface area contributed by atoms with Gasteiger partial charge in [-0.1, -0.05) is 11.6 Å². The smallest absolute Gasteiger partial charge is 0.192 e. The molecule has 1 unspecified atom stereocenters. The number of ether oxygens (including phenoxy) is 1. The molecule has 116 valence electrons. The fraction of sp³-hybridized carbons (Fsp3) is 0.562. The second kappa shape index (κ2) is 5.93. The summed E-state index contributed by atoms with van der Waals surface area (Å²) in [4.78, 5) is 8.81. The Labute approximate surface area is 127 Å². The van der Waals surface area contributed by atoms with Gasteiger partial charge in [-0.05, 0) is 40.1 Å². The number of rotatable bonds is 5. The molecule has 1 aromatic carbocycles. The Morgan fingerprint density at radius 3 is 2.76 bits per heavy atom. The van der Waals surface area contributed by atoms with Crippen molar-refractivity contribution in [3.63, 3.8) is 0 Å². The van der Waals surface area contributed by atoms with Gasteiger partial charge < -0.3 is 20.3 Å². The van der Waals surface area contributed by atoms with Gasteiger partial charge >= 0.3 is 0 Å². The second-order valence-corrected chi connectivity index (χ2v) is 6.11. The van der Waals surface area contributed by atoms with Gasteiger partial charge in [-0.25, -0.2) is 0 Å². The molecule has 5 nitrogen and oxygen atoms in total. The van der Waals surface area contributed by atoms with Gasteiger partial charge in [0.15, 0.2) is 5.96 Å². The van der Waals surface area contributed by atoms with Gasteiger partial charge in [0.05, 0.1) is 19.2 Å². The Balaban J connectivity index is 2.38. The number of nitrogens with zero attached hydrogens (tertiary/aromatic N) is 3. The third kappa shape index (κ3) is 2.97. The molecule has 1 aliphatic rings. The van der Waals surface area contributed by atoms with Crippen LogP contribution in [0.2, 0.25) is 0 Å². The number of hydrogen-bond acceptors (Lipinski definition) is 5. The van der Waals surface area contributed by atoms with E-state index in [1.165, 1.54) is 5.56 Å². The molecule has 1 aromatic rings. The van der Waals surface area contributed by atoms with Crippen LogP contribution in [0.1, 0.15) is 18.1 Å². The van der Waals surface area contributed by atoms with Crippen molar-refractivity contribution < 1.29 is 4.74 Å². The normalized spacial score (nSPS) is 21.8. The number of guanidine groups is 1. The van der Waals surface area contributed by atoms with Crippen molar-refractivity contribution in [1.29, 1.82) is 0 Å². The minimum absolute atomic E-state index is 0.253. The molecule has 0 fully saturated rings. The Morgan fingerprint density at radius 1 is 1.43 bits per heavy atom. The third-order valence-corrected chi connectivity index (χ3v) is 4.13. The molecule has 0 amide bonds. The van der Waals surface area contributed by atoms with Crippen molar-refractivity contribution in [3.05, 3.63) is 29.3 Å². The predicted octanol–water partition coefficient (Wildman–Crippen LogP) is 1.41. The van der Waals surface area contributed by atoms with E-state index >= 15 is 0 Å². The lowest BCUT2D eigenvalue weighted by molar-refractivity contribution is 0.200. The molecule has 1 atom stereocenters. The highest BCUT2D eigenvalue weighted by Crippen LogP contribution is 2.38. The Bertz CT molecular complexity index is 541. The maximum atomic E-state index is 6.12. The highest BCUT2D eigenvalue weighted by atomic mass is 16.5. The fourth-order valence-electron chi connectivity index (χ4n) is 2.79. The van der Waals surface area contributed by atoms with Gasteiger partial charge in [-0.15, -0.1) is 0 Å². The molecule has 0 bridgehead atoms. The van der Waals surface area contributed by atoms with Crippen LogP contribution in [0, 0.1) is 6.92 Å². The monoisotopic (exact) mass is 290 g/mol. The van der Waals surface area contributed by atoms with E-state index in [1.807, 2.05) is 6.07 Å². The molecule has 0 radical (unpaired) electrons. The summed E-state index contributed by atoms with van der Waals surface area (Å²) in [6, 6.07) is 6.26. The van der Waals surface area contributed by atoms with Crippen LogP contribution in [0.4, 0.5) is 0 Å². The van der Waals surface area contributed by atoms with Crippen molar-refractivity contribution in [1.82, 2.24) is 9.80 Å². The SMILES string of the molecule is COc1ccc(C)cc1C1(C)CN=C(N)N1CCN(C)C. The topological polar surface area (TPSA) is 54.1 Å². The van der Waals surface area contributed by atoms with E-state index in [4.69, 9.17) is 10.5 Å². The molecule has 0 aromatic heterocycles. The number of benzene rings is 1. The second-order valence-electron chi connectivity index (χ2n) is 6.11. The van der Waals surface area contributed by atoms with Crippen LogP contribution in [0.5, 0.6) is 5.75 Å². The van der Waals surface area contributed by atoms with E-state index in [9.17, 15) is 0 Å². The molecule has 1 aliphatic heterocycles. The lowest BCUT2D eigenvalue weighted by Crippen LogP contribution is -2.50. The van der Waals surface area contributed by atoms with Gasteiger partial charge in [0.1, 0.15) is 5.75 Å². The summed E-state index contributed by atoms with van der Waals surface area (Å²) in [5.74, 6) is 1.51. The largest absolute Gasteiger partial charge is 0.496 e. The van der Waals surface area contributed by atoms with Crippen LogP contribution in [0.25, 0.3) is 0 Å². The first-order valence-corrected chi connectivity index (χ1v) is 7.26. The van der Waals surface area contributed by atoms with Crippen molar-refractivity contribution >= 4 is 5.96 Å². The molecular weight excluding hydrogens is 264 g/mol. The van der Waals surface area contributed by atoms with Crippen molar-refractivity contribution in [2.24, 2.45) is 10.7 Å². The summed E-state index contributed by atoms with van der Waals surface area (Å²) in [5.41, 5.74) is 8.23. The molecule has 0 aliphatic carbocycles. The molecular formula is C16H26N4O. The molecule has 0 saturated heterocycles. The number of aliphatic imine (C=N–C) groups is 1. The Morgan fingerprint density at radius 2 is 2.14 bits per heavy atom. The van der Waals surface area contributed by atoms with Crippen molar-refractivity contribution in [3.8, 4) is 5.75 Å². The molecule has 0 saturated carbocycles. The zero-order valence-corrected chi connectivity index (χ0v) is 13.7.